The minimum atomic E-state index is 0. The number of hydrogen-bond donors (Lipinski definition) is 2. The summed E-state index contributed by atoms with van der Waals surface area (Å²) < 4.78 is 7.54. The standard InChI is InChI=1S/C22H30N6O.HI/c1-6-23-22(25-15(2)12-20-16(3)27-28(5)17(20)4)24-13-19-14-29-21(26-19)18-10-8-7-9-11-18;/h7-11,14-15H,6,12-13H2,1-5H3,(H2,23,24,25);1H. The second-order valence-electron chi connectivity index (χ2n) is 7.23. The number of guanidine groups is 1. The van der Waals surface area contributed by atoms with Gasteiger partial charge in [0.25, 0.3) is 0 Å². The summed E-state index contributed by atoms with van der Waals surface area (Å²) in [6.07, 6.45) is 2.55. The third-order valence-electron chi connectivity index (χ3n) is 4.87. The van der Waals surface area contributed by atoms with Gasteiger partial charge in [-0.05, 0) is 51.8 Å². The topological polar surface area (TPSA) is 80.3 Å². The SMILES string of the molecule is CCNC(=NCc1coc(-c2ccccc2)n1)NC(C)Cc1c(C)nn(C)c1C.I. The molecular formula is C22H31IN6O. The van der Waals surface area contributed by atoms with Crippen molar-refractivity contribution in [1.82, 2.24) is 25.4 Å². The third kappa shape index (κ3) is 6.07. The van der Waals surface area contributed by atoms with Gasteiger partial charge in [-0.15, -0.1) is 24.0 Å². The van der Waals surface area contributed by atoms with Gasteiger partial charge >= 0.3 is 0 Å². The zero-order valence-electron chi connectivity index (χ0n) is 18.3. The van der Waals surface area contributed by atoms with Crippen LogP contribution in [0.15, 0.2) is 46.0 Å². The number of halogens is 1. The second-order valence-corrected chi connectivity index (χ2v) is 7.23. The normalized spacial score (nSPS) is 12.4. The van der Waals surface area contributed by atoms with Crippen molar-refractivity contribution in [3.8, 4) is 11.5 Å². The molecule has 0 radical (unpaired) electrons. The molecule has 0 bridgehead atoms. The smallest absolute Gasteiger partial charge is 0.226 e. The predicted octanol–water partition coefficient (Wildman–Crippen LogP) is 4.00. The Balaban J connectivity index is 0.00000320. The minimum Gasteiger partial charge on any atom is -0.444 e. The Kier molecular flexibility index (Phi) is 8.88. The lowest BCUT2D eigenvalue weighted by atomic mass is 10.1. The highest BCUT2D eigenvalue weighted by atomic mass is 127. The average molecular weight is 522 g/mol. The summed E-state index contributed by atoms with van der Waals surface area (Å²) in [6.45, 7) is 9.61. The van der Waals surface area contributed by atoms with Gasteiger partial charge in [0.05, 0.1) is 12.2 Å². The molecule has 0 aliphatic rings. The highest BCUT2D eigenvalue weighted by Crippen LogP contribution is 2.18. The van der Waals surface area contributed by atoms with E-state index in [0.717, 1.165) is 35.9 Å². The van der Waals surface area contributed by atoms with Crippen molar-refractivity contribution >= 4 is 29.9 Å². The summed E-state index contributed by atoms with van der Waals surface area (Å²) in [5.41, 5.74) is 5.33. The Morgan fingerprint density at radius 1 is 1.23 bits per heavy atom. The molecule has 0 amide bonds. The number of nitrogens with zero attached hydrogens (tertiary/aromatic N) is 4. The van der Waals surface area contributed by atoms with Crippen LogP contribution >= 0.6 is 24.0 Å². The van der Waals surface area contributed by atoms with Crippen LogP contribution in [-0.4, -0.2) is 33.3 Å². The highest BCUT2D eigenvalue weighted by molar-refractivity contribution is 14.0. The quantitative estimate of drug-likeness (QED) is 0.279. The molecule has 1 atom stereocenters. The fourth-order valence-electron chi connectivity index (χ4n) is 3.28. The van der Waals surface area contributed by atoms with E-state index in [4.69, 9.17) is 4.42 Å². The highest BCUT2D eigenvalue weighted by Gasteiger charge is 2.14. The van der Waals surface area contributed by atoms with Gasteiger partial charge < -0.3 is 15.1 Å². The molecule has 30 heavy (non-hydrogen) atoms. The first-order valence-electron chi connectivity index (χ1n) is 10.0. The molecule has 0 saturated carbocycles. The summed E-state index contributed by atoms with van der Waals surface area (Å²) in [7, 11) is 1.98. The lowest BCUT2D eigenvalue weighted by molar-refractivity contribution is 0.572. The van der Waals surface area contributed by atoms with E-state index in [1.807, 2.05) is 42.1 Å². The Labute approximate surface area is 195 Å². The summed E-state index contributed by atoms with van der Waals surface area (Å²) in [4.78, 5) is 9.22. The first-order valence-corrected chi connectivity index (χ1v) is 10.0. The zero-order chi connectivity index (χ0) is 20.8. The first-order chi connectivity index (χ1) is 14.0. The minimum absolute atomic E-state index is 0. The molecule has 0 spiro atoms. The Hall–Kier alpha value is -2.36. The molecule has 162 valence electrons. The fraction of sp³-hybridized carbons (Fsp3) is 0.409. The molecule has 0 aliphatic carbocycles. The molecular weight excluding hydrogens is 491 g/mol. The van der Waals surface area contributed by atoms with Crippen LogP contribution in [0.5, 0.6) is 0 Å². The predicted molar refractivity (Wildman–Crippen MR) is 131 cm³/mol. The molecule has 2 N–H and O–H groups in total. The van der Waals surface area contributed by atoms with Gasteiger partial charge in [-0.2, -0.15) is 5.10 Å². The fourth-order valence-corrected chi connectivity index (χ4v) is 3.28. The lowest BCUT2D eigenvalue weighted by Crippen LogP contribution is -2.43. The summed E-state index contributed by atoms with van der Waals surface area (Å²) in [6, 6.07) is 10.1. The van der Waals surface area contributed by atoms with Crippen LogP contribution in [0.4, 0.5) is 0 Å². The third-order valence-corrected chi connectivity index (χ3v) is 4.87. The van der Waals surface area contributed by atoms with Gasteiger partial charge in [-0.3, -0.25) is 4.68 Å². The number of nitrogens with one attached hydrogen (secondary N) is 2. The number of rotatable bonds is 7. The molecule has 2 heterocycles. The van der Waals surface area contributed by atoms with Crippen LogP contribution in [0.25, 0.3) is 11.5 Å². The van der Waals surface area contributed by atoms with Gasteiger partial charge in [0.1, 0.15) is 12.0 Å². The zero-order valence-corrected chi connectivity index (χ0v) is 20.6. The number of aromatic nitrogens is 3. The molecule has 0 saturated heterocycles. The van der Waals surface area contributed by atoms with E-state index in [-0.39, 0.29) is 30.0 Å². The molecule has 3 aromatic rings. The molecule has 1 unspecified atom stereocenters. The second kappa shape index (κ2) is 11.1. The van der Waals surface area contributed by atoms with Crippen molar-refractivity contribution in [1.29, 1.82) is 0 Å². The van der Waals surface area contributed by atoms with E-state index in [1.165, 1.54) is 11.3 Å². The van der Waals surface area contributed by atoms with Gasteiger partial charge in [-0.1, -0.05) is 18.2 Å². The van der Waals surface area contributed by atoms with E-state index in [0.29, 0.717) is 12.4 Å². The van der Waals surface area contributed by atoms with E-state index in [1.54, 1.807) is 6.26 Å². The molecule has 1 aromatic carbocycles. The molecule has 8 heteroatoms. The van der Waals surface area contributed by atoms with Gasteiger partial charge in [0, 0.05) is 30.9 Å². The van der Waals surface area contributed by atoms with Crippen molar-refractivity contribution in [2.75, 3.05) is 6.54 Å². The van der Waals surface area contributed by atoms with E-state index in [2.05, 4.69) is 53.4 Å². The van der Waals surface area contributed by atoms with Crippen LogP contribution in [0.1, 0.15) is 36.5 Å². The van der Waals surface area contributed by atoms with Crippen molar-refractivity contribution in [3.63, 3.8) is 0 Å². The van der Waals surface area contributed by atoms with Crippen LogP contribution < -0.4 is 10.6 Å². The van der Waals surface area contributed by atoms with E-state index < -0.39 is 0 Å². The molecule has 7 nitrogen and oxygen atoms in total. The number of oxazole rings is 1. The lowest BCUT2D eigenvalue weighted by Gasteiger charge is -2.18. The monoisotopic (exact) mass is 522 g/mol. The Bertz CT molecular complexity index is 963. The van der Waals surface area contributed by atoms with Crippen molar-refractivity contribution < 1.29 is 4.42 Å². The van der Waals surface area contributed by atoms with E-state index >= 15 is 0 Å². The van der Waals surface area contributed by atoms with Crippen LogP contribution in [0, 0.1) is 13.8 Å². The van der Waals surface area contributed by atoms with Crippen LogP contribution in [-0.2, 0) is 20.0 Å². The number of hydrogen-bond acceptors (Lipinski definition) is 4. The first kappa shape index (κ1) is 23.9. The average Bonchev–Trinajstić information content (AvgIpc) is 3.27. The maximum Gasteiger partial charge on any atom is 0.226 e. The van der Waals surface area contributed by atoms with E-state index in [9.17, 15) is 0 Å². The van der Waals surface area contributed by atoms with Crippen LogP contribution in [0.3, 0.4) is 0 Å². The molecule has 0 aliphatic heterocycles. The van der Waals surface area contributed by atoms with Gasteiger partial charge in [0.2, 0.25) is 5.89 Å². The molecule has 2 aromatic heterocycles. The largest absolute Gasteiger partial charge is 0.444 e. The number of aryl methyl sites for hydroxylation is 2. The van der Waals surface area contributed by atoms with Gasteiger partial charge in [0.15, 0.2) is 5.96 Å². The number of aliphatic imine (C=N–C) groups is 1. The maximum atomic E-state index is 5.60. The summed E-state index contributed by atoms with van der Waals surface area (Å²) >= 11 is 0. The van der Waals surface area contributed by atoms with Crippen molar-refractivity contribution in [2.24, 2.45) is 12.0 Å². The molecule has 0 fully saturated rings. The van der Waals surface area contributed by atoms with Crippen LogP contribution in [0.2, 0.25) is 0 Å². The summed E-state index contributed by atoms with van der Waals surface area (Å²) in [5, 5.41) is 11.3. The maximum absolute atomic E-state index is 5.60. The Morgan fingerprint density at radius 2 is 1.97 bits per heavy atom. The Morgan fingerprint density at radius 3 is 2.60 bits per heavy atom. The van der Waals surface area contributed by atoms with Gasteiger partial charge in [-0.25, -0.2) is 9.98 Å². The molecule has 3 rings (SSSR count). The van der Waals surface area contributed by atoms with Crippen molar-refractivity contribution in [3.05, 3.63) is 59.2 Å². The summed E-state index contributed by atoms with van der Waals surface area (Å²) in [5.74, 6) is 1.38. The van der Waals surface area contributed by atoms with Crippen molar-refractivity contribution in [2.45, 2.75) is 46.7 Å². The number of benzene rings is 1.